The fourth-order valence-corrected chi connectivity index (χ4v) is 18.0. The van der Waals surface area contributed by atoms with Gasteiger partial charge in [-0.1, -0.05) is 117 Å². The van der Waals surface area contributed by atoms with Crippen molar-refractivity contribution in [2.75, 3.05) is 11.1 Å². The van der Waals surface area contributed by atoms with Gasteiger partial charge in [-0.2, -0.15) is 0 Å². The molecule has 0 bridgehead atoms. The number of hydrogen-bond donors (Lipinski definition) is 2. The zero-order valence-corrected chi connectivity index (χ0v) is 37.4. The van der Waals surface area contributed by atoms with Crippen LogP contribution in [-0.4, -0.2) is 31.1 Å². The summed E-state index contributed by atoms with van der Waals surface area (Å²) in [5.74, 6) is 1.14. The third-order valence-corrected chi connectivity index (χ3v) is 20.1. The van der Waals surface area contributed by atoms with Gasteiger partial charge in [0.15, 0.2) is 0 Å². The SMILES string of the molecule is CCCCCCCCCCCC(=O)Cl.CCCCCCCCCCCC(=O)Nc1ccncn1.Nc1ccncn1.S=S=S=S=S=S=S=S=S. The van der Waals surface area contributed by atoms with Crippen molar-refractivity contribution < 1.29 is 9.59 Å². The molecule has 0 aliphatic rings. The first kappa shape index (κ1) is 51.5. The number of rotatable bonds is 21. The maximum absolute atomic E-state index is 11.6. The quantitative estimate of drug-likeness (QED) is 0.0935. The molecule has 0 aliphatic heterocycles. The van der Waals surface area contributed by atoms with E-state index in [2.05, 4.69) is 61.5 Å². The minimum Gasteiger partial charge on any atom is -0.384 e. The van der Waals surface area contributed by atoms with E-state index in [0.29, 0.717) is 24.5 Å². The molecular weight excluding hydrogens is 824 g/mol. The Bertz CT molecular complexity index is 1360. The Labute approximate surface area is 335 Å². The lowest BCUT2D eigenvalue weighted by molar-refractivity contribution is -0.116. The highest BCUT2D eigenvalue weighted by molar-refractivity contribution is 8.72. The van der Waals surface area contributed by atoms with Gasteiger partial charge in [0.2, 0.25) is 11.1 Å². The number of nitrogen functional groups attached to an aromatic ring is 1. The summed E-state index contributed by atoms with van der Waals surface area (Å²) in [6.45, 7) is 4.48. The molecule has 0 spiro atoms. The molecule has 0 aliphatic carbocycles. The lowest BCUT2D eigenvalue weighted by Crippen LogP contribution is -2.12. The van der Waals surface area contributed by atoms with Gasteiger partial charge in [0.05, 0.1) is 0 Å². The zero-order chi connectivity index (χ0) is 37.2. The summed E-state index contributed by atoms with van der Waals surface area (Å²) in [6, 6.07) is 3.34. The second-order valence-electron chi connectivity index (χ2n) is 10.8. The molecule has 0 aromatic carbocycles. The third kappa shape index (κ3) is 45.4. The molecule has 18 heteroatoms. The Hall–Kier alpha value is -0.630. The number of nitrogens with one attached hydrogen (secondary N) is 1. The number of carbonyl (C=O) groups excluding carboxylic acids is 2. The smallest absolute Gasteiger partial charge is 0.225 e. The number of aromatic nitrogens is 4. The van der Waals surface area contributed by atoms with E-state index in [9.17, 15) is 9.59 Å². The molecule has 0 atom stereocenters. The lowest BCUT2D eigenvalue weighted by atomic mass is 10.1. The Morgan fingerprint density at radius 2 is 1.06 bits per heavy atom. The molecule has 3 N–H and O–H groups in total. The molecule has 0 fully saturated rings. The monoisotopic (exact) mass is 878 g/mol. The van der Waals surface area contributed by atoms with E-state index < -0.39 is 0 Å². The van der Waals surface area contributed by atoms with Gasteiger partial charge in [-0.15, -0.1) is 0 Å². The Kier molecular flexibility index (Phi) is 45.8. The molecule has 0 unspecified atom stereocenters. The van der Waals surface area contributed by atoms with Crippen molar-refractivity contribution in [2.45, 2.75) is 142 Å². The van der Waals surface area contributed by atoms with Crippen LogP contribution in [0.4, 0.5) is 11.6 Å². The van der Waals surface area contributed by atoms with Crippen LogP contribution in [0.1, 0.15) is 142 Å². The average molecular weight is 880 g/mol. The molecule has 8 nitrogen and oxygen atoms in total. The number of nitrogens with two attached hydrogens (primary N) is 1. The number of amides is 1. The largest absolute Gasteiger partial charge is 0.384 e. The first-order valence-electron chi connectivity index (χ1n) is 17.1. The van der Waals surface area contributed by atoms with Crippen LogP contribution in [0, 0.1) is 0 Å². The highest BCUT2D eigenvalue weighted by Crippen LogP contribution is 2.12. The van der Waals surface area contributed by atoms with E-state index in [1.54, 1.807) is 68.9 Å². The van der Waals surface area contributed by atoms with E-state index in [1.165, 1.54) is 120 Å². The summed E-state index contributed by atoms with van der Waals surface area (Å²) >= 11 is 14.5. The number of halogens is 1. The summed E-state index contributed by atoms with van der Waals surface area (Å²) in [5, 5.41) is 2.59. The summed E-state index contributed by atoms with van der Waals surface area (Å²) < 4.78 is 0. The highest BCUT2D eigenvalue weighted by atomic mass is 35.5. The normalized spacial score (nSPS) is 9.50. The van der Waals surface area contributed by atoms with Crippen molar-refractivity contribution in [2.24, 2.45) is 0 Å². The Balaban J connectivity index is 0. The van der Waals surface area contributed by atoms with Gasteiger partial charge >= 0.3 is 0 Å². The molecule has 50 heavy (non-hydrogen) atoms. The average Bonchev–Trinajstić information content (AvgIpc) is 3.12. The standard InChI is InChI=1S/C16H27N3O.C12H23ClO.C4H5N3.S9/c1-2-3-4-5-6-7-8-9-10-11-16(20)19-15-12-13-17-14-18-15;1-2-3-4-5-6-7-8-9-10-11-12(13)14;5-4-1-2-6-3-7-4;1-3-5-7-9-8-6-4-2/h12-14H,2-11H2,1H3,(H,17,18,19,20);2-11H2,1H3;1-3H,(H2,5,6,7);. The van der Waals surface area contributed by atoms with Crippen LogP contribution in [0.15, 0.2) is 37.2 Å². The van der Waals surface area contributed by atoms with E-state index in [-0.39, 0.29) is 11.1 Å². The van der Waals surface area contributed by atoms with E-state index in [0.717, 1.165) is 25.7 Å². The van der Waals surface area contributed by atoms with Gasteiger partial charge < -0.3 is 11.1 Å². The van der Waals surface area contributed by atoms with Gasteiger partial charge in [-0.05, 0) is 36.6 Å². The van der Waals surface area contributed by atoms with Crippen LogP contribution in [-0.2, 0) is 94.1 Å². The first-order valence-corrected chi connectivity index (χ1v) is 28.1. The molecule has 2 heterocycles. The second kappa shape index (κ2) is 44.5. The van der Waals surface area contributed by atoms with Gasteiger partial charge in [-0.25, -0.2) is 19.9 Å². The second-order valence-corrected chi connectivity index (χ2v) is 23.6. The van der Waals surface area contributed by atoms with E-state index in [4.69, 9.17) is 17.3 Å². The third-order valence-electron chi connectivity index (χ3n) is 6.61. The Morgan fingerprint density at radius 3 is 1.42 bits per heavy atom. The van der Waals surface area contributed by atoms with Gasteiger partial charge in [-0.3, -0.25) is 9.59 Å². The van der Waals surface area contributed by atoms with Crippen LogP contribution in [0.3, 0.4) is 0 Å². The van der Waals surface area contributed by atoms with E-state index in [1.807, 2.05) is 0 Å². The van der Waals surface area contributed by atoms with Crippen molar-refractivity contribution in [3.63, 3.8) is 0 Å². The minimum absolute atomic E-state index is 0.0478. The number of unbranched alkanes of at least 4 members (excludes halogenated alkanes) is 16. The Morgan fingerprint density at radius 1 is 0.640 bits per heavy atom. The van der Waals surface area contributed by atoms with Gasteiger partial charge in [0.25, 0.3) is 0 Å². The fourth-order valence-electron chi connectivity index (χ4n) is 4.10. The van der Waals surface area contributed by atoms with Crippen molar-refractivity contribution in [1.82, 2.24) is 19.9 Å². The number of nitrogens with zero attached hydrogens (tertiary/aromatic N) is 4. The van der Waals surface area contributed by atoms with Crippen LogP contribution >= 0.6 is 11.6 Å². The van der Waals surface area contributed by atoms with Crippen molar-refractivity contribution in [3.05, 3.63) is 37.2 Å². The minimum atomic E-state index is -0.187. The van der Waals surface area contributed by atoms with Crippen molar-refractivity contribution in [3.8, 4) is 0 Å². The molecule has 1 amide bonds. The maximum Gasteiger partial charge on any atom is 0.225 e. The van der Waals surface area contributed by atoms with E-state index >= 15 is 0 Å². The summed E-state index contributed by atoms with van der Waals surface area (Å²) in [6.07, 6.45) is 30.1. The predicted octanol–water partition coefficient (Wildman–Crippen LogP) is 9.05. The molecule has 2 rings (SSSR count). The zero-order valence-electron chi connectivity index (χ0n) is 29.3. The topological polar surface area (TPSA) is 124 Å². The summed E-state index contributed by atoms with van der Waals surface area (Å²) in [7, 11) is 10.9. The van der Waals surface area contributed by atoms with Crippen molar-refractivity contribution >= 4 is 119 Å². The highest BCUT2D eigenvalue weighted by Gasteiger charge is 2.02. The van der Waals surface area contributed by atoms with Gasteiger partial charge in [0, 0.05) is 110 Å². The van der Waals surface area contributed by atoms with Crippen LogP contribution in [0.25, 0.3) is 0 Å². The molecule has 0 radical (unpaired) electrons. The van der Waals surface area contributed by atoms with Crippen molar-refractivity contribution in [1.29, 1.82) is 0 Å². The molecule has 0 saturated carbocycles. The van der Waals surface area contributed by atoms with Crippen LogP contribution in [0.5, 0.6) is 0 Å². The van der Waals surface area contributed by atoms with Crippen LogP contribution < -0.4 is 11.1 Å². The molecule has 2 aromatic heterocycles. The number of hydrogen-bond acceptors (Lipinski definition) is 9. The predicted molar refractivity (Wildman–Crippen MR) is 238 cm³/mol. The summed E-state index contributed by atoms with van der Waals surface area (Å²) in [5.41, 5.74) is 5.21. The summed E-state index contributed by atoms with van der Waals surface area (Å²) in [4.78, 5) is 37.1. The molecular formula is C32H55ClN6O2S9. The fraction of sp³-hybridized carbons (Fsp3) is 0.688. The maximum atomic E-state index is 11.6. The number of anilines is 2. The molecule has 0 saturated heterocycles. The number of carbonyl (C=O) groups is 2. The molecule has 2 aromatic rings. The first-order chi connectivity index (χ1) is 24.4. The molecule has 286 valence electrons. The lowest BCUT2D eigenvalue weighted by Gasteiger charge is -2.04. The van der Waals surface area contributed by atoms with Gasteiger partial charge in [0.1, 0.15) is 24.3 Å². The van der Waals surface area contributed by atoms with Crippen LogP contribution in [0.2, 0.25) is 0 Å².